The third-order valence-electron chi connectivity index (χ3n) is 5.27. The van der Waals surface area contributed by atoms with E-state index in [2.05, 4.69) is 26.0 Å². The molecule has 1 aliphatic rings. The normalized spacial score (nSPS) is 15.5. The van der Waals surface area contributed by atoms with Crippen LogP contribution in [0, 0.1) is 11.6 Å². The summed E-state index contributed by atoms with van der Waals surface area (Å²) in [6.45, 7) is 1.03. The molecule has 1 aliphatic heterocycles. The number of nitrogens with zero attached hydrogens (tertiary/aromatic N) is 3. The first-order chi connectivity index (χ1) is 16.8. The molecule has 9 nitrogen and oxygen atoms in total. The minimum atomic E-state index is -1.26. The van der Waals surface area contributed by atoms with Gasteiger partial charge >= 0.3 is 6.09 Å². The fraction of sp³-hybridized carbons (Fsp3) is 0.273. The number of nitrogens with one attached hydrogen (secondary N) is 3. The molecule has 0 spiro atoms. The highest BCUT2D eigenvalue weighted by Crippen LogP contribution is 2.32. The summed E-state index contributed by atoms with van der Waals surface area (Å²) in [6, 6.07) is 8.93. The van der Waals surface area contributed by atoms with Crippen LogP contribution in [0.1, 0.15) is 11.3 Å². The SMILES string of the molecule is O=C(NC[C@H]1CN(c2cc(F)c(-c3ccc(CNCc4cnn[nH]4)cc3)c(F)c2)C(=O)O1)C(Cl)Cl. The van der Waals surface area contributed by atoms with E-state index >= 15 is 0 Å². The number of halogens is 4. The van der Waals surface area contributed by atoms with Crippen LogP contribution in [0.2, 0.25) is 0 Å². The predicted molar refractivity (Wildman–Crippen MR) is 125 cm³/mol. The van der Waals surface area contributed by atoms with Crippen molar-refractivity contribution in [3.05, 3.63) is 65.5 Å². The average Bonchev–Trinajstić information content (AvgIpc) is 3.47. The number of rotatable bonds is 9. The third-order valence-corrected chi connectivity index (χ3v) is 5.66. The highest BCUT2D eigenvalue weighted by Gasteiger charge is 2.34. The van der Waals surface area contributed by atoms with Gasteiger partial charge in [0.25, 0.3) is 5.91 Å². The van der Waals surface area contributed by atoms with Crippen LogP contribution in [0.5, 0.6) is 0 Å². The van der Waals surface area contributed by atoms with E-state index in [1.54, 1.807) is 30.5 Å². The molecule has 2 aromatic carbocycles. The molecule has 1 fully saturated rings. The van der Waals surface area contributed by atoms with Crippen LogP contribution < -0.4 is 15.5 Å². The maximum atomic E-state index is 14.9. The highest BCUT2D eigenvalue weighted by atomic mass is 35.5. The summed E-state index contributed by atoms with van der Waals surface area (Å²) in [6.07, 6.45) is 0.101. The van der Waals surface area contributed by atoms with Crippen LogP contribution in [-0.4, -0.2) is 51.4 Å². The largest absolute Gasteiger partial charge is 0.442 e. The van der Waals surface area contributed by atoms with E-state index in [4.69, 9.17) is 27.9 Å². The number of hydrogen-bond acceptors (Lipinski definition) is 6. The second-order valence-corrected chi connectivity index (χ2v) is 8.82. The van der Waals surface area contributed by atoms with Gasteiger partial charge in [0.15, 0.2) is 4.84 Å². The van der Waals surface area contributed by atoms with E-state index in [0.29, 0.717) is 18.7 Å². The summed E-state index contributed by atoms with van der Waals surface area (Å²) < 4.78 is 35.0. The number of aromatic amines is 1. The molecule has 13 heteroatoms. The van der Waals surface area contributed by atoms with Gasteiger partial charge in [-0.05, 0) is 23.3 Å². The Hall–Kier alpha value is -3.28. The van der Waals surface area contributed by atoms with Crippen molar-refractivity contribution >= 4 is 40.9 Å². The summed E-state index contributed by atoms with van der Waals surface area (Å²) >= 11 is 10.9. The summed E-state index contributed by atoms with van der Waals surface area (Å²) in [5, 5.41) is 15.7. The summed E-state index contributed by atoms with van der Waals surface area (Å²) in [4.78, 5) is 23.5. The first-order valence-corrected chi connectivity index (χ1v) is 11.4. The lowest BCUT2D eigenvalue weighted by Gasteiger charge is -2.16. The lowest BCUT2D eigenvalue weighted by Crippen LogP contribution is -2.37. The van der Waals surface area contributed by atoms with E-state index in [1.807, 2.05) is 0 Å². The molecule has 35 heavy (non-hydrogen) atoms. The number of aromatic nitrogens is 3. The molecule has 1 saturated heterocycles. The molecule has 3 N–H and O–H groups in total. The molecular weight excluding hydrogens is 505 g/mol. The molecule has 184 valence electrons. The monoisotopic (exact) mass is 524 g/mol. The van der Waals surface area contributed by atoms with Crippen LogP contribution in [0.15, 0.2) is 42.6 Å². The number of cyclic esters (lactones) is 1. The van der Waals surface area contributed by atoms with Crippen molar-refractivity contribution in [2.75, 3.05) is 18.0 Å². The zero-order valence-electron chi connectivity index (χ0n) is 18.1. The fourth-order valence-electron chi connectivity index (χ4n) is 3.56. The zero-order valence-corrected chi connectivity index (χ0v) is 19.6. The molecule has 0 unspecified atom stereocenters. The number of ether oxygens (including phenoxy) is 1. The number of H-pyrrole nitrogens is 1. The minimum absolute atomic E-state index is 0.00394. The average molecular weight is 525 g/mol. The molecule has 1 aromatic heterocycles. The lowest BCUT2D eigenvalue weighted by atomic mass is 10.0. The van der Waals surface area contributed by atoms with Gasteiger partial charge in [-0.2, -0.15) is 0 Å². The predicted octanol–water partition coefficient (Wildman–Crippen LogP) is 3.28. The van der Waals surface area contributed by atoms with Gasteiger partial charge in [-0.3, -0.25) is 14.8 Å². The number of carbonyl (C=O) groups is 2. The Morgan fingerprint density at radius 2 is 1.91 bits per heavy atom. The maximum Gasteiger partial charge on any atom is 0.414 e. The number of benzene rings is 2. The van der Waals surface area contributed by atoms with Crippen LogP contribution in [0.3, 0.4) is 0 Å². The number of hydrogen-bond donors (Lipinski definition) is 3. The Labute approximate surface area is 208 Å². The number of alkyl halides is 2. The maximum absolute atomic E-state index is 14.9. The molecular formula is C22H20Cl2F2N6O3. The van der Waals surface area contributed by atoms with Gasteiger partial charge in [0.1, 0.15) is 17.7 Å². The fourth-order valence-corrected chi connectivity index (χ4v) is 3.71. The molecule has 0 bridgehead atoms. The second-order valence-electron chi connectivity index (χ2n) is 7.73. The zero-order chi connectivity index (χ0) is 24.9. The van der Waals surface area contributed by atoms with Crippen LogP contribution in [-0.2, 0) is 22.6 Å². The molecule has 1 atom stereocenters. The van der Waals surface area contributed by atoms with E-state index in [1.165, 1.54) is 0 Å². The van der Waals surface area contributed by atoms with E-state index in [9.17, 15) is 18.4 Å². The second kappa shape index (κ2) is 11.0. The smallest absolute Gasteiger partial charge is 0.414 e. The molecule has 0 aliphatic carbocycles. The molecule has 2 amide bonds. The van der Waals surface area contributed by atoms with Crippen molar-refractivity contribution in [1.82, 2.24) is 26.0 Å². The summed E-state index contributed by atoms with van der Waals surface area (Å²) in [5.74, 6) is -2.29. The number of carbonyl (C=O) groups excluding carboxylic acids is 2. The first kappa shape index (κ1) is 24.8. The van der Waals surface area contributed by atoms with E-state index < -0.39 is 34.6 Å². The van der Waals surface area contributed by atoms with Crippen LogP contribution in [0.25, 0.3) is 11.1 Å². The van der Waals surface area contributed by atoms with Gasteiger partial charge in [0.05, 0.1) is 36.2 Å². The minimum Gasteiger partial charge on any atom is -0.442 e. The van der Waals surface area contributed by atoms with E-state index in [0.717, 1.165) is 28.3 Å². The van der Waals surface area contributed by atoms with Crippen LogP contribution in [0.4, 0.5) is 19.3 Å². The topological polar surface area (TPSA) is 112 Å². The Morgan fingerprint density at radius 3 is 2.54 bits per heavy atom. The van der Waals surface area contributed by atoms with E-state index in [-0.39, 0.29) is 24.3 Å². The summed E-state index contributed by atoms with van der Waals surface area (Å²) in [7, 11) is 0. The lowest BCUT2D eigenvalue weighted by molar-refractivity contribution is -0.119. The van der Waals surface area contributed by atoms with Crippen molar-refractivity contribution in [2.24, 2.45) is 0 Å². The molecule has 0 radical (unpaired) electrons. The molecule has 2 heterocycles. The molecule has 4 rings (SSSR count). The first-order valence-electron chi connectivity index (χ1n) is 10.5. The Kier molecular flexibility index (Phi) is 7.79. The van der Waals surface area contributed by atoms with Gasteiger partial charge in [-0.25, -0.2) is 13.6 Å². The Morgan fingerprint density at radius 1 is 1.20 bits per heavy atom. The van der Waals surface area contributed by atoms with Gasteiger partial charge in [-0.1, -0.05) is 52.7 Å². The molecule has 3 aromatic rings. The van der Waals surface area contributed by atoms with Crippen molar-refractivity contribution in [3.63, 3.8) is 0 Å². The highest BCUT2D eigenvalue weighted by molar-refractivity contribution is 6.53. The quantitative estimate of drug-likeness (QED) is 0.370. The van der Waals surface area contributed by atoms with Gasteiger partial charge in [0.2, 0.25) is 0 Å². The van der Waals surface area contributed by atoms with Gasteiger partial charge in [0, 0.05) is 13.1 Å². The van der Waals surface area contributed by atoms with Crippen molar-refractivity contribution < 1.29 is 23.1 Å². The van der Waals surface area contributed by atoms with Gasteiger partial charge in [-0.15, -0.1) is 5.10 Å². The van der Waals surface area contributed by atoms with Crippen molar-refractivity contribution in [2.45, 2.75) is 24.0 Å². The Bertz CT molecular complexity index is 1170. The van der Waals surface area contributed by atoms with Gasteiger partial charge < -0.3 is 15.4 Å². The molecule has 0 saturated carbocycles. The standard InChI is InChI=1S/C22H20Cl2F2N6O3/c23-20(24)21(33)28-10-16-11-32(22(34)35-16)15-5-17(25)19(18(26)6-15)13-3-1-12(2-4-13)7-27-8-14-9-29-31-30-14/h1-6,9,16,20,27H,7-8,10-11H2,(H,28,33)(H,29,30,31)/t16-/m0/s1. The van der Waals surface area contributed by atoms with Crippen molar-refractivity contribution in [1.29, 1.82) is 0 Å². The van der Waals surface area contributed by atoms with Crippen molar-refractivity contribution in [3.8, 4) is 11.1 Å². The number of amides is 2. The number of anilines is 1. The summed E-state index contributed by atoms with van der Waals surface area (Å²) in [5.41, 5.74) is 1.91. The van der Waals surface area contributed by atoms with Crippen LogP contribution >= 0.6 is 23.2 Å². The third kappa shape index (κ3) is 6.05. The Balaban J connectivity index is 1.41.